The van der Waals surface area contributed by atoms with Gasteiger partial charge in [0.05, 0.1) is 13.0 Å². The molecule has 2 amide bonds. The van der Waals surface area contributed by atoms with Crippen LogP contribution in [-0.2, 0) is 20.5 Å². The van der Waals surface area contributed by atoms with Crippen molar-refractivity contribution in [2.45, 2.75) is 29.8 Å². The lowest BCUT2D eigenvalue weighted by Gasteiger charge is -2.38. The van der Waals surface area contributed by atoms with Crippen LogP contribution in [0.15, 0.2) is 72.8 Å². The van der Waals surface area contributed by atoms with E-state index in [1.165, 1.54) is 0 Å². The lowest BCUT2D eigenvalue weighted by Crippen LogP contribution is -2.55. The van der Waals surface area contributed by atoms with Crippen molar-refractivity contribution in [2.24, 2.45) is 5.92 Å². The highest BCUT2D eigenvalue weighted by Crippen LogP contribution is 2.66. The van der Waals surface area contributed by atoms with E-state index >= 15 is 0 Å². The maximum atomic E-state index is 14.7. The molecule has 0 bridgehead atoms. The molecule has 7 heteroatoms. The number of ether oxygens (including phenoxy) is 1. The molecule has 4 aliphatic heterocycles. The van der Waals surface area contributed by atoms with E-state index in [1.807, 2.05) is 48.5 Å². The molecule has 36 heavy (non-hydrogen) atoms. The van der Waals surface area contributed by atoms with E-state index in [9.17, 15) is 14.4 Å². The van der Waals surface area contributed by atoms with E-state index in [4.69, 9.17) is 4.74 Å². The van der Waals surface area contributed by atoms with Crippen molar-refractivity contribution < 1.29 is 19.1 Å². The van der Waals surface area contributed by atoms with Crippen molar-refractivity contribution in [1.29, 1.82) is 0 Å². The van der Waals surface area contributed by atoms with Gasteiger partial charge >= 0.3 is 0 Å². The number of para-hydroxylation sites is 2. The number of amides is 2. The fourth-order valence-corrected chi connectivity index (χ4v) is 7.44. The number of ketones is 1. The van der Waals surface area contributed by atoms with Crippen LogP contribution in [0.3, 0.4) is 0 Å². The monoisotopic (exact) mass is 479 g/mol. The molecule has 0 radical (unpaired) electrons. The number of fused-ring (bicyclic) bond motifs is 7. The summed E-state index contributed by atoms with van der Waals surface area (Å²) in [5.41, 5.74) is 0.879. The molecule has 7 rings (SSSR count). The Morgan fingerprint density at radius 3 is 2.39 bits per heavy atom. The summed E-state index contributed by atoms with van der Waals surface area (Å²) >= 11 is 0. The van der Waals surface area contributed by atoms with Gasteiger partial charge in [-0.3, -0.25) is 19.3 Å². The molecule has 3 aromatic carbocycles. The van der Waals surface area contributed by atoms with E-state index in [1.54, 1.807) is 31.4 Å². The smallest absolute Gasteiger partial charge is 0.250 e. The molecule has 2 fully saturated rings. The fraction of sp³-hybridized carbons (Fsp3) is 0.276. The normalized spacial score (nSPS) is 29.7. The number of carbonyl (C=O) groups excluding carboxylic acids is 3. The van der Waals surface area contributed by atoms with Crippen molar-refractivity contribution in [1.82, 2.24) is 4.90 Å². The third-order valence-corrected chi connectivity index (χ3v) is 8.65. The first kappa shape index (κ1) is 21.3. The molecule has 7 nitrogen and oxygen atoms in total. The zero-order valence-corrected chi connectivity index (χ0v) is 19.8. The van der Waals surface area contributed by atoms with Crippen LogP contribution in [0.5, 0.6) is 5.75 Å². The number of methoxy groups -OCH3 is 1. The molecule has 4 atom stereocenters. The second-order valence-corrected chi connectivity index (χ2v) is 10.0. The largest absolute Gasteiger partial charge is 0.497 e. The van der Waals surface area contributed by atoms with Gasteiger partial charge in [-0.2, -0.15) is 0 Å². The van der Waals surface area contributed by atoms with Crippen LogP contribution in [0.25, 0.3) is 0 Å². The third-order valence-electron chi connectivity index (χ3n) is 8.65. The number of rotatable bonds is 3. The van der Waals surface area contributed by atoms with Crippen LogP contribution in [-0.4, -0.2) is 42.2 Å². The van der Waals surface area contributed by atoms with Crippen LogP contribution in [0.1, 0.15) is 34.3 Å². The highest BCUT2D eigenvalue weighted by atomic mass is 16.5. The van der Waals surface area contributed by atoms with Gasteiger partial charge in [0, 0.05) is 28.5 Å². The molecule has 4 aliphatic rings. The summed E-state index contributed by atoms with van der Waals surface area (Å²) < 4.78 is 5.41. The number of hydrogen-bond acceptors (Lipinski definition) is 5. The molecular formula is C29H25N3O4. The number of hydrogen-bond donors (Lipinski definition) is 2. The van der Waals surface area contributed by atoms with E-state index < -0.39 is 16.9 Å². The number of anilines is 2. The summed E-state index contributed by atoms with van der Waals surface area (Å²) in [6.45, 7) is 0.630. The first-order chi connectivity index (χ1) is 17.5. The van der Waals surface area contributed by atoms with E-state index in [-0.39, 0.29) is 23.6 Å². The number of benzene rings is 3. The highest BCUT2D eigenvalue weighted by Gasteiger charge is 2.78. The fourth-order valence-electron chi connectivity index (χ4n) is 7.44. The predicted molar refractivity (Wildman–Crippen MR) is 134 cm³/mol. The van der Waals surface area contributed by atoms with E-state index in [2.05, 4.69) is 15.5 Å². The van der Waals surface area contributed by atoms with Crippen LogP contribution in [0, 0.1) is 5.92 Å². The lowest BCUT2D eigenvalue weighted by molar-refractivity contribution is -0.128. The van der Waals surface area contributed by atoms with Gasteiger partial charge in [-0.1, -0.05) is 48.5 Å². The zero-order valence-electron chi connectivity index (χ0n) is 19.8. The van der Waals surface area contributed by atoms with Gasteiger partial charge in [0.1, 0.15) is 16.7 Å². The Kier molecular flexibility index (Phi) is 4.31. The van der Waals surface area contributed by atoms with Gasteiger partial charge in [0.15, 0.2) is 5.78 Å². The van der Waals surface area contributed by atoms with Crippen LogP contribution >= 0.6 is 0 Å². The maximum Gasteiger partial charge on any atom is 0.250 e. The predicted octanol–water partition coefficient (Wildman–Crippen LogP) is 3.71. The Morgan fingerprint density at radius 1 is 0.917 bits per heavy atom. The number of carbonyl (C=O) groups is 3. The van der Waals surface area contributed by atoms with Gasteiger partial charge in [-0.15, -0.1) is 0 Å². The number of Topliss-reactive ketones (excluding diaryl/α,β-unsaturated/α-hetero) is 1. The quantitative estimate of drug-likeness (QED) is 0.560. The molecule has 0 aromatic heterocycles. The molecule has 4 heterocycles. The minimum absolute atomic E-state index is 0.212. The first-order valence-corrected chi connectivity index (χ1v) is 12.3. The summed E-state index contributed by atoms with van der Waals surface area (Å²) in [6, 6.07) is 21.9. The average molecular weight is 480 g/mol. The van der Waals surface area contributed by atoms with Crippen molar-refractivity contribution in [3.05, 3.63) is 89.5 Å². The minimum atomic E-state index is -1.30. The third kappa shape index (κ3) is 2.34. The summed E-state index contributed by atoms with van der Waals surface area (Å²) in [5.74, 6) is -1.10. The van der Waals surface area contributed by atoms with Crippen molar-refractivity contribution in [3.63, 3.8) is 0 Å². The Balaban J connectivity index is 1.57. The molecule has 2 saturated heterocycles. The van der Waals surface area contributed by atoms with Crippen molar-refractivity contribution >= 4 is 29.0 Å². The molecule has 0 saturated carbocycles. The second-order valence-electron chi connectivity index (χ2n) is 10.0. The van der Waals surface area contributed by atoms with Gasteiger partial charge in [0.25, 0.3) is 0 Å². The molecular weight excluding hydrogens is 454 g/mol. The molecule has 0 unspecified atom stereocenters. The minimum Gasteiger partial charge on any atom is -0.497 e. The van der Waals surface area contributed by atoms with Crippen LogP contribution in [0.4, 0.5) is 11.4 Å². The SMILES string of the molecule is COc1cccc(C(=O)[C@H]2[C@]3(C(=O)Nc4ccccc43)[C@@H]3CCCN3[C@@]23C(=O)Nc2ccccc23)c1. The number of nitrogens with zero attached hydrogens (tertiary/aromatic N) is 1. The Hall–Kier alpha value is -3.97. The second kappa shape index (κ2) is 7.27. The van der Waals surface area contributed by atoms with Gasteiger partial charge in [-0.25, -0.2) is 0 Å². The molecule has 2 spiro atoms. The molecule has 2 N–H and O–H groups in total. The Bertz CT molecular complexity index is 1390. The van der Waals surface area contributed by atoms with Crippen LogP contribution < -0.4 is 15.4 Å². The first-order valence-electron chi connectivity index (χ1n) is 12.3. The van der Waals surface area contributed by atoms with Gasteiger partial charge in [-0.05, 0) is 49.2 Å². The summed E-state index contributed by atoms with van der Waals surface area (Å²) in [4.78, 5) is 45.2. The van der Waals surface area contributed by atoms with E-state index in [0.29, 0.717) is 29.2 Å². The lowest BCUT2D eigenvalue weighted by atomic mass is 9.60. The topological polar surface area (TPSA) is 87.7 Å². The standard InChI is InChI=1S/C29H25N3O4/c1-36-18-9-6-8-17(16-18)24(33)25-28(19-10-2-4-12-21(19)30-26(28)34)23-14-7-15-32(23)29(25)20-11-3-5-13-22(20)31-27(29)35/h2-6,8-13,16,23,25H,7,14-15H2,1H3,(H,30,34)(H,31,35)/t23-,25-,28+,29+/m0/s1. The summed E-state index contributed by atoms with van der Waals surface area (Å²) in [5, 5.41) is 6.13. The van der Waals surface area contributed by atoms with Gasteiger partial charge in [0.2, 0.25) is 11.8 Å². The van der Waals surface area contributed by atoms with E-state index in [0.717, 1.165) is 24.0 Å². The molecule has 3 aromatic rings. The zero-order chi connectivity index (χ0) is 24.7. The summed E-state index contributed by atoms with van der Waals surface area (Å²) in [7, 11) is 1.56. The van der Waals surface area contributed by atoms with Crippen LogP contribution in [0.2, 0.25) is 0 Å². The maximum absolute atomic E-state index is 14.7. The Morgan fingerprint density at radius 2 is 1.61 bits per heavy atom. The Labute approximate surface area is 208 Å². The average Bonchev–Trinajstić information content (AvgIpc) is 3.62. The van der Waals surface area contributed by atoms with Crippen molar-refractivity contribution in [3.8, 4) is 5.75 Å². The van der Waals surface area contributed by atoms with Gasteiger partial charge < -0.3 is 15.4 Å². The molecule has 0 aliphatic carbocycles. The van der Waals surface area contributed by atoms with Crippen molar-refractivity contribution in [2.75, 3.05) is 24.3 Å². The number of nitrogens with one attached hydrogen (secondary N) is 2. The highest BCUT2D eigenvalue weighted by molar-refractivity contribution is 6.18. The summed E-state index contributed by atoms with van der Waals surface area (Å²) in [6.07, 6.45) is 1.57. The molecule has 180 valence electrons.